The molecule has 0 spiro atoms. The van der Waals surface area contributed by atoms with Crippen LogP contribution < -0.4 is 0 Å². The second-order valence-corrected chi connectivity index (χ2v) is 8.96. The molecule has 1 aromatic heterocycles. The summed E-state index contributed by atoms with van der Waals surface area (Å²) in [6.07, 6.45) is 2.34. The van der Waals surface area contributed by atoms with Crippen molar-refractivity contribution in [1.82, 2.24) is 4.57 Å². The van der Waals surface area contributed by atoms with Crippen LogP contribution in [-0.2, 0) is 20.8 Å². The lowest BCUT2D eigenvalue weighted by atomic mass is 10.1. The summed E-state index contributed by atoms with van der Waals surface area (Å²) in [7, 11) is 0. The SMILES string of the molecule is Cc1cc(C(=O)COC(=O)CSc2ccc3ccccc3c2)c(C)n1CC1CCCO1. The molecular formula is C25H27NO4S. The number of hydrogen-bond donors (Lipinski definition) is 0. The zero-order valence-electron chi connectivity index (χ0n) is 17.9. The van der Waals surface area contributed by atoms with E-state index in [0.29, 0.717) is 5.56 Å². The highest BCUT2D eigenvalue weighted by molar-refractivity contribution is 8.00. The van der Waals surface area contributed by atoms with Gasteiger partial charge in [0, 0.05) is 35.0 Å². The van der Waals surface area contributed by atoms with Gasteiger partial charge < -0.3 is 14.0 Å². The van der Waals surface area contributed by atoms with E-state index in [-0.39, 0.29) is 30.2 Å². The maximum Gasteiger partial charge on any atom is 0.316 e. The number of aromatic nitrogens is 1. The average molecular weight is 438 g/mol. The molecule has 2 aromatic carbocycles. The number of carbonyl (C=O) groups excluding carboxylic acids is 2. The van der Waals surface area contributed by atoms with Crippen molar-refractivity contribution in [3.8, 4) is 0 Å². The van der Waals surface area contributed by atoms with Crippen molar-refractivity contribution in [2.24, 2.45) is 0 Å². The summed E-state index contributed by atoms with van der Waals surface area (Å²) in [5.74, 6) is -0.390. The highest BCUT2D eigenvalue weighted by Crippen LogP contribution is 2.24. The molecule has 2 heterocycles. The third-order valence-electron chi connectivity index (χ3n) is 5.73. The van der Waals surface area contributed by atoms with E-state index in [4.69, 9.17) is 9.47 Å². The van der Waals surface area contributed by atoms with E-state index in [2.05, 4.69) is 16.7 Å². The maximum atomic E-state index is 12.7. The Bertz CT molecular complexity index is 1100. The fourth-order valence-electron chi connectivity index (χ4n) is 4.02. The van der Waals surface area contributed by atoms with Crippen LogP contribution in [0.1, 0.15) is 34.6 Å². The number of thioether (sulfide) groups is 1. The molecule has 0 radical (unpaired) electrons. The monoisotopic (exact) mass is 437 g/mol. The number of hydrogen-bond acceptors (Lipinski definition) is 5. The number of Topliss-reactive ketones (excluding diaryl/α,β-unsaturated/α-hetero) is 1. The largest absolute Gasteiger partial charge is 0.457 e. The summed E-state index contributed by atoms with van der Waals surface area (Å²) >= 11 is 1.41. The number of carbonyl (C=O) groups is 2. The van der Waals surface area contributed by atoms with Crippen molar-refractivity contribution in [3.63, 3.8) is 0 Å². The van der Waals surface area contributed by atoms with Crippen molar-refractivity contribution in [3.05, 3.63) is 65.5 Å². The molecule has 0 N–H and O–H groups in total. The molecule has 1 fully saturated rings. The van der Waals surface area contributed by atoms with Crippen LogP contribution in [0.3, 0.4) is 0 Å². The fraction of sp³-hybridized carbons (Fsp3) is 0.360. The quantitative estimate of drug-likeness (QED) is 0.283. The Hall–Kier alpha value is -2.57. The van der Waals surface area contributed by atoms with Gasteiger partial charge in [0.25, 0.3) is 0 Å². The van der Waals surface area contributed by atoms with Crippen molar-refractivity contribution in [1.29, 1.82) is 0 Å². The highest BCUT2D eigenvalue weighted by atomic mass is 32.2. The van der Waals surface area contributed by atoms with Gasteiger partial charge in [-0.05, 0) is 55.7 Å². The molecule has 4 rings (SSSR count). The molecule has 6 heteroatoms. The summed E-state index contributed by atoms with van der Waals surface area (Å²) in [4.78, 5) is 25.9. The number of fused-ring (bicyclic) bond motifs is 1. The van der Waals surface area contributed by atoms with Crippen molar-refractivity contribution >= 4 is 34.3 Å². The molecule has 1 atom stereocenters. The summed E-state index contributed by atoms with van der Waals surface area (Å²) in [5.41, 5.74) is 2.54. The first-order valence-corrected chi connectivity index (χ1v) is 11.6. The van der Waals surface area contributed by atoms with E-state index in [1.165, 1.54) is 11.8 Å². The number of rotatable bonds is 8. The minimum absolute atomic E-state index is 0.170. The molecule has 5 nitrogen and oxygen atoms in total. The Balaban J connectivity index is 1.30. The minimum Gasteiger partial charge on any atom is -0.457 e. The van der Waals surface area contributed by atoms with Crippen molar-refractivity contribution in [2.45, 2.75) is 44.2 Å². The molecule has 1 aliphatic heterocycles. The van der Waals surface area contributed by atoms with Gasteiger partial charge in [-0.1, -0.05) is 30.3 Å². The van der Waals surface area contributed by atoms with Crippen molar-refractivity contribution in [2.75, 3.05) is 19.0 Å². The predicted molar refractivity (Wildman–Crippen MR) is 123 cm³/mol. The molecule has 3 aromatic rings. The van der Waals surface area contributed by atoms with Gasteiger partial charge in [0.1, 0.15) is 0 Å². The molecule has 1 unspecified atom stereocenters. The zero-order chi connectivity index (χ0) is 21.8. The highest BCUT2D eigenvalue weighted by Gasteiger charge is 2.21. The first kappa shape index (κ1) is 21.7. The van der Waals surface area contributed by atoms with E-state index >= 15 is 0 Å². The Morgan fingerprint density at radius 2 is 1.94 bits per heavy atom. The van der Waals surface area contributed by atoms with E-state index in [1.807, 2.05) is 50.2 Å². The molecular weight excluding hydrogens is 410 g/mol. The van der Waals surface area contributed by atoms with Crippen LogP contribution in [-0.4, -0.2) is 41.4 Å². The van der Waals surface area contributed by atoms with Crippen molar-refractivity contribution < 1.29 is 19.1 Å². The van der Waals surface area contributed by atoms with Gasteiger partial charge in [0.15, 0.2) is 6.61 Å². The molecule has 0 aliphatic carbocycles. The van der Waals surface area contributed by atoms with Crippen LogP contribution in [0.15, 0.2) is 53.4 Å². The number of aryl methyl sites for hydroxylation is 1. The van der Waals surface area contributed by atoms with Crippen LogP contribution in [0.4, 0.5) is 0 Å². The molecule has 0 amide bonds. The number of ether oxygens (including phenoxy) is 2. The van der Waals surface area contributed by atoms with E-state index in [0.717, 1.165) is 53.0 Å². The summed E-state index contributed by atoms with van der Waals surface area (Å²) in [5, 5.41) is 2.30. The Morgan fingerprint density at radius 1 is 1.13 bits per heavy atom. The molecule has 1 aliphatic rings. The number of nitrogens with zero attached hydrogens (tertiary/aromatic N) is 1. The molecule has 162 valence electrons. The Morgan fingerprint density at radius 3 is 2.71 bits per heavy atom. The second-order valence-electron chi connectivity index (χ2n) is 7.91. The third-order valence-corrected chi connectivity index (χ3v) is 6.69. The van der Waals surface area contributed by atoms with Crippen LogP contribution in [0, 0.1) is 13.8 Å². The van der Waals surface area contributed by atoms with Crippen LogP contribution >= 0.6 is 11.8 Å². The lowest BCUT2D eigenvalue weighted by Gasteiger charge is -2.14. The first-order valence-electron chi connectivity index (χ1n) is 10.6. The molecule has 31 heavy (non-hydrogen) atoms. The number of esters is 1. The number of ketones is 1. The Kier molecular flexibility index (Phi) is 6.78. The molecule has 0 saturated carbocycles. The van der Waals surface area contributed by atoms with Gasteiger partial charge in [-0.25, -0.2) is 0 Å². The van der Waals surface area contributed by atoms with Gasteiger partial charge >= 0.3 is 5.97 Å². The van der Waals surface area contributed by atoms with E-state index in [1.54, 1.807) is 0 Å². The lowest BCUT2D eigenvalue weighted by Crippen LogP contribution is -2.18. The van der Waals surface area contributed by atoms with Crippen LogP contribution in [0.5, 0.6) is 0 Å². The summed E-state index contributed by atoms with van der Waals surface area (Å²) in [6.45, 7) is 5.26. The second kappa shape index (κ2) is 9.71. The molecule has 1 saturated heterocycles. The van der Waals surface area contributed by atoms with E-state index < -0.39 is 0 Å². The molecule has 0 bridgehead atoms. The normalized spacial score (nSPS) is 16.0. The average Bonchev–Trinajstić information content (AvgIpc) is 3.39. The summed E-state index contributed by atoms with van der Waals surface area (Å²) in [6, 6.07) is 16.1. The fourth-order valence-corrected chi connectivity index (χ4v) is 4.76. The predicted octanol–water partition coefficient (Wildman–Crippen LogP) is 4.96. The smallest absolute Gasteiger partial charge is 0.316 e. The maximum absolute atomic E-state index is 12.7. The van der Waals surface area contributed by atoms with Gasteiger partial charge in [0.2, 0.25) is 5.78 Å². The van der Waals surface area contributed by atoms with Gasteiger partial charge in [0.05, 0.1) is 11.9 Å². The van der Waals surface area contributed by atoms with Crippen LogP contribution in [0.25, 0.3) is 10.8 Å². The minimum atomic E-state index is -0.389. The summed E-state index contributed by atoms with van der Waals surface area (Å²) < 4.78 is 13.1. The third kappa shape index (κ3) is 5.20. The zero-order valence-corrected chi connectivity index (χ0v) is 18.7. The van der Waals surface area contributed by atoms with Gasteiger partial charge in [-0.2, -0.15) is 0 Å². The number of benzene rings is 2. The Labute approximate surface area is 186 Å². The van der Waals surface area contributed by atoms with Gasteiger partial charge in [-0.15, -0.1) is 11.8 Å². The topological polar surface area (TPSA) is 57.5 Å². The van der Waals surface area contributed by atoms with E-state index in [9.17, 15) is 9.59 Å². The van der Waals surface area contributed by atoms with Gasteiger partial charge in [-0.3, -0.25) is 9.59 Å². The first-order chi connectivity index (χ1) is 15.0. The standard InChI is InChI=1S/C25H27NO4S/c1-17-12-23(18(2)26(17)14-21-8-5-11-29-21)24(27)15-30-25(28)16-31-22-10-9-19-6-3-4-7-20(19)13-22/h3-4,6-7,9-10,12-13,21H,5,8,11,14-16H2,1-2H3. The van der Waals surface area contributed by atoms with Crippen LogP contribution in [0.2, 0.25) is 0 Å². The lowest BCUT2D eigenvalue weighted by molar-refractivity contribution is -0.139.